The minimum absolute atomic E-state index is 0.0465. The summed E-state index contributed by atoms with van der Waals surface area (Å²) in [7, 11) is 3.74. The topological polar surface area (TPSA) is 63.9 Å². The molecule has 2 aliphatic rings. The fraction of sp³-hybridized carbons (Fsp3) is 0.800. The van der Waals surface area contributed by atoms with Gasteiger partial charge in [-0.3, -0.25) is 9.67 Å². The van der Waals surface area contributed by atoms with Crippen molar-refractivity contribution in [3.63, 3.8) is 0 Å². The van der Waals surface area contributed by atoms with Crippen LogP contribution in [0.25, 0.3) is 0 Å². The molecule has 1 unspecified atom stereocenters. The lowest BCUT2D eigenvalue weighted by Crippen LogP contribution is -2.48. The summed E-state index contributed by atoms with van der Waals surface area (Å²) in [4.78, 5) is 7.41. The maximum absolute atomic E-state index is 5.99. The molecule has 152 valence electrons. The van der Waals surface area contributed by atoms with Crippen molar-refractivity contribution in [2.75, 3.05) is 46.5 Å². The van der Waals surface area contributed by atoms with Gasteiger partial charge in [-0.25, -0.2) is 0 Å². The molecule has 2 fully saturated rings. The monoisotopic (exact) mass is 377 g/mol. The number of rotatable bonds is 7. The van der Waals surface area contributed by atoms with Crippen LogP contribution >= 0.6 is 0 Å². The summed E-state index contributed by atoms with van der Waals surface area (Å²) in [6, 6.07) is 0. The Morgan fingerprint density at radius 1 is 1.44 bits per heavy atom. The first-order valence-corrected chi connectivity index (χ1v) is 10.3. The predicted octanol–water partition coefficient (Wildman–Crippen LogP) is 2.36. The van der Waals surface area contributed by atoms with Gasteiger partial charge in [-0.2, -0.15) is 5.10 Å². The molecule has 0 aromatic carbocycles. The Balaban J connectivity index is 1.68. The summed E-state index contributed by atoms with van der Waals surface area (Å²) in [6.45, 7) is 7.10. The van der Waals surface area contributed by atoms with Gasteiger partial charge in [0.25, 0.3) is 0 Å². The van der Waals surface area contributed by atoms with Crippen molar-refractivity contribution >= 4 is 5.96 Å². The van der Waals surface area contributed by atoms with E-state index in [0.717, 1.165) is 50.7 Å². The van der Waals surface area contributed by atoms with Gasteiger partial charge < -0.3 is 19.7 Å². The molecule has 7 nitrogen and oxygen atoms in total. The van der Waals surface area contributed by atoms with Gasteiger partial charge in [0.05, 0.1) is 19.3 Å². The zero-order valence-corrected chi connectivity index (χ0v) is 17.1. The molecule has 1 aliphatic heterocycles. The van der Waals surface area contributed by atoms with E-state index in [2.05, 4.69) is 22.2 Å². The van der Waals surface area contributed by atoms with E-state index < -0.39 is 0 Å². The highest BCUT2D eigenvalue weighted by molar-refractivity contribution is 5.80. The molecule has 1 N–H and O–H groups in total. The Labute approximate surface area is 163 Å². The lowest BCUT2D eigenvalue weighted by atomic mass is 9.83. The number of nitrogens with one attached hydrogen (secondary N) is 1. The van der Waals surface area contributed by atoms with Crippen molar-refractivity contribution in [3.05, 3.63) is 18.0 Å². The highest BCUT2D eigenvalue weighted by atomic mass is 16.5. The van der Waals surface area contributed by atoms with Gasteiger partial charge in [0.1, 0.15) is 6.10 Å². The normalized spacial score (nSPS) is 23.0. The van der Waals surface area contributed by atoms with Crippen molar-refractivity contribution in [2.45, 2.75) is 45.1 Å². The first kappa shape index (κ1) is 20.1. The molecule has 1 saturated carbocycles. The van der Waals surface area contributed by atoms with Gasteiger partial charge in [-0.05, 0) is 31.6 Å². The van der Waals surface area contributed by atoms with Crippen LogP contribution in [0.3, 0.4) is 0 Å². The summed E-state index contributed by atoms with van der Waals surface area (Å²) >= 11 is 0. The predicted molar refractivity (Wildman–Crippen MR) is 107 cm³/mol. The van der Waals surface area contributed by atoms with Crippen molar-refractivity contribution in [1.29, 1.82) is 0 Å². The third-order valence-corrected chi connectivity index (χ3v) is 5.86. The molecular weight excluding hydrogens is 342 g/mol. The second-order valence-corrected chi connectivity index (χ2v) is 7.87. The largest absolute Gasteiger partial charge is 0.385 e. The first-order valence-electron chi connectivity index (χ1n) is 10.3. The molecular formula is C20H35N5O2. The van der Waals surface area contributed by atoms with E-state index in [1.165, 1.54) is 25.7 Å². The van der Waals surface area contributed by atoms with E-state index in [0.29, 0.717) is 12.0 Å². The third-order valence-electron chi connectivity index (χ3n) is 5.86. The molecule has 0 bridgehead atoms. The molecule has 0 spiro atoms. The number of ether oxygens (including phenoxy) is 2. The summed E-state index contributed by atoms with van der Waals surface area (Å²) in [5.41, 5.74) is 1.44. The van der Waals surface area contributed by atoms with Gasteiger partial charge in [0.2, 0.25) is 0 Å². The van der Waals surface area contributed by atoms with E-state index in [1.54, 1.807) is 7.11 Å². The minimum Gasteiger partial charge on any atom is -0.385 e. The number of hydrogen-bond donors (Lipinski definition) is 1. The number of aromatic nitrogens is 2. The highest BCUT2D eigenvalue weighted by Crippen LogP contribution is 2.41. The molecule has 0 amide bonds. The molecule has 1 aromatic rings. The minimum atomic E-state index is 0.0465. The molecule has 1 aromatic heterocycles. The molecule has 1 saturated heterocycles. The Morgan fingerprint density at radius 3 is 2.93 bits per heavy atom. The molecule has 1 aliphatic carbocycles. The van der Waals surface area contributed by atoms with E-state index in [1.807, 2.05) is 24.1 Å². The van der Waals surface area contributed by atoms with Crippen molar-refractivity contribution < 1.29 is 9.47 Å². The van der Waals surface area contributed by atoms with Crippen LogP contribution in [0.1, 0.15) is 50.7 Å². The fourth-order valence-corrected chi connectivity index (χ4v) is 4.25. The number of morpholine rings is 1. The number of hydrogen-bond acceptors (Lipinski definition) is 4. The molecule has 0 radical (unpaired) electrons. The summed E-state index contributed by atoms with van der Waals surface area (Å²) < 4.78 is 13.2. The lowest BCUT2D eigenvalue weighted by Gasteiger charge is -2.35. The average Bonchev–Trinajstić information content (AvgIpc) is 3.33. The molecule has 27 heavy (non-hydrogen) atoms. The number of aliphatic imine (C=N–C) groups is 1. The first-order chi connectivity index (χ1) is 13.2. The molecule has 7 heteroatoms. The second-order valence-electron chi connectivity index (χ2n) is 7.87. The number of guanidine groups is 1. The quantitative estimate of drug-likeness (QED) is 0.584. The zero-order chi connectivity index (χ0) is 19.1. The SMILES string of the molecule is CCNC(=NCC1(CCOC)CCCC1)N1CCOC(c2cnn(C)c2)C1. The Bertz CT molecular complexity index is 609. The highest BCUT2D eigenvalue weighted by Gasteiger charge is 2.34. The van der Waals surface area contributed by atoms with Crippen molar-refractivity contribution in [3.8, 4) is 0 Å². The maximum atomic E-state index is 5.99. The zero-order valence-electron chi connectivity index (χ0n) is 17.1. The molecule has 3 rings (SSSR count). The Hall–Kier alpha value is -1.60. The second kappa shape index (κ2) is 9.55. The van der Waals surface area contributed by atoms with E-state index in [4.69, 9.17) is 14.5 Å². The smallest absolute Gasteiger partial charge is 0.194 e. The average molecular weight is 378 g/mol. The lowest BCUT2D eigenvalue weighted by molar-refractivity contribution is -0.00813. The van der Waals surface area contributed by atoms with Crippen molar-refractivity contribution in [2.24, 2.45) is 17.5 Å². The van der Waals surface area contributed by atoms with Gasteiger partial charge in [-0.1, -0.05) is 12.8 Å². The van der Waals surface area contributed by atoms with Gasteiger partial charge in [0, 0.05) is 52.2 Å². The van der Waals surface area contributed by atoms with Crippen molar-refractivity contribution in [1.82, 2.24) is 20.0 Å². The van der Waals surface area contributed by atoms with Crippen LogP contribution in [0.2, 0.25) is 0 Å². The molecule has 2 heterocycles. The van der Waals surface area contributed by atoms with E-state index in [-0.39, 0.29) is 6.10 Å². The van der Waals surface area contributed by atoms with Crippen LogP contribution in [0.15, 0.2) is 17.4 Å². The van der Waals surface area contributed by atoms with Crippen LogP contribution in [0.5, 0.6) is 0 Å². The van der Waals surface area contributed by atoms with Crippen LogP contribution < -0.4 is 5.32 Å². The summed E-state index contributed by atoms with van der Waals surface area (Å²) in [5, 5.41) is 7.78. The van der Waals surface area contributed by atoms with Crippen LogP contribution in [0.4, 0.5) is 0 Å². The van der Waals surface area contributed by atoms with Gasteiger partial charge >= 0.3 is 0 Å². The van der Waals surface area contributed by atoms with Crippen LogP contribution in [0, 0.1) is 5.41 Å². The standard InChI is InChI=1S/C20H35N5O2/c1-4-21-19(22-16-20(9-11-26-3)7-5-6-8-20)25-10-12-27-18(15-25)17-13-23-24(2)14-17/h13-14,18H,4-12,15-16H2,1-3H3,(H,21,22). The van der Waals surface area contributed by atoms with E-state index >= 15 is 0 Å². The Morgan fingerprint density at radius 2 is 2.26 bits per heavy atom. The number of methoxy groups -OCH3 is 1. The van der Waals surface area contributed by atoms with Gasteiger partial charge in [-0.15, -0.1) is 0 Å². The van der Waals surface area contributed by atoms with Crippen LogP contribution in [-0.4, -0.2) is 67.1 Å². The molecule has 1 atom stereocenters. The maximum Gasteiger partial charge on any atom is 0.194 e. The fourth-order valence-electron chi connectivity index (χ4n) is 4.25. The van der Waals surface area contributed by atoms with E-state index in [9.17, 15) is 0 Å². The summed E-state index contributed by atoms with van der Waals surface area (Å²) in [6.07, 6.45) is 10.2. The number of aryl methyl sites for hydroxylation is 1. The summed E-state index contributed by atoms with van der Waals surface area (Å²) in [5.74, 6) is 1.01. The Kier molecular flexibility index (Phi) is 7.13. The van der Waals surface area contributed by atoms with Gasteiger partial charge in [0.15, 0.2) is 5.96 Å². The van der Waals surface area contributed by atoms with Crippen LogP contribution in [-0.2, 0) is 16.5 Å². The third kappa shape index (κ3) is 5.23. The number of nitrogens with zero attached hydrogens (tertiary/aromatic N) is 4.